The summed E-state index contributed by atoms with van der Waals surface area (Å²) in [6.07, 6.45) is 2.48. The second kappa shape index (κ2) is 6.57. The molecule has 0 aliphatic carbocycles. The predicted molar refractivity (Wildman–Crippen MR) is 74.4 cm³/mol. The number of ether oxygens (including phenoxy) is 1. The van der Waals surface area contributed by atoms with Crippen LogP contribution in [0, 0.1) is 9.49 Å². The minimum absolute atomic E-state index is 0.782. The van der Waals surface area contributed by atoms with E-state index >= 15 is 0 Å². The second-order valence-corrected chi connectivity index (χ2v) is 5.57. The summed E-state index contributed by atoms with van der Waals surface area (Å²) in [5.41, 5.74) is 1.36. The molecule has 2 rings (SSSR count). The lowest BCUT2D eigenvalue weighted by Gasteiger charge is -2.08. The van der Waals surface area contributed by atoms with Crippen molar-refractivity contribution in [3.8, 4) is 0 Å². The fourth-order valence-corrected chi connectivity index (χ4v) is 2.31. The molecular formula is C13H18INO. The first-order valence-electron chi connectivity index (χ1n) is 5.87. The maximum atomic E-state index is 5.36. The highest BCUT2D eigenvalue weighted by molar-refractivity contribution is 14.1. The fourth-order valence-electron chi connectivity index (χ4n) is 1.95. The summed E-state index contributed by atoms with van der Waals surface area (Å²) in [4.78, 5) is 0. The summed E-state index contributed by atoms with van der Waals surface area (Å²) in [7, 11) is 0. The third-order valence-electron chi connectivity index (χ3n) is 3.00. The normalized spacial score (nSPS) is 20.2. The van der Waals surface area contributed by atoms with Crippen LogP contribution in [0.5, 0.6) is 0 Å². The third-order valence-corrected chi connectivity index (χ3v) is 3.71. The van der Waals surface area contributed by atoms with Crippen LogP contribution in [0.1, 0.15) is 18.4 Å². The van der Waals surface area contributed by atoms with Gasteiger partial charge in [-0.3, -0.25) is 0 Å². The molecule has 1 aromatic rings. The monoisotopic (exact) mass is 331 g/mol. The molecule has 88 valence electrons. The van der Waals surface area contributed by atoms with Gasteiger partial charge in [-0.05, 0) is 65.6 Å². The van der Waals surface area contributed by atoms with Gasteiger partial charge in [0, 0.05) is 23.3 Å². The van der Waals surface area contributed by atoms with Gasteiger partial charge in [0.1, 0.15) is 0 Å². The van der Waals surface area contributed by atoms with Crippen LogP contribution in [-0.2, 0) is 11.3 Å². The Bertz CT molecular complexity index is 306. The van der Waals surface area contributed by atoms with Crippen LogP contribution >= 0.6 is 22.6 Å². The van der Waals surface area contributed by atoms with Crippen molar-refractivity contribution in [2.45, 2.75) is 19.4 Å². The topological polar surface area (TPSA) is 21.3 Å². The summed E-state index contributed by atoms with van der Waals surface area (Å²) in [6, 6.07) is 8.69. The third kappa shape index (κ3) is 4.03. The van der Waals surface area contributed by atoms with E-state index in [0.29, 0.717) is 0 Å². The quantitative estimate of drug-likeness (QED) is 0.662. The van der Waals surface area contributed by atoms with Crippen LogP contribution in [-0.4, -0.2) is 19.8 Å². The van der Waals surface area contributed by atoms with E-state index < -0.39 is 0 Å². The largest absolute Gasteiger partial charge is 0.381 e. The molecule has 16 heavy (non-hydrogen) atoms. The maximum Gasteiger partial charge on any atom is 0.0495 e. The summed E-state index contributed by atoms with van der Waals surface area (Å²) < 4.78 is 6.65. The van der Waals surface area contributed by atoms with Crippen molar-refractivity contribution in [3.05, 3.63) is 33.4 Å². The van der Waals surface area contributed by atoms with E-state index in [9.17, 15) is 0 Å². The van der Waals surface area contributed by atoms with Gasteiger partial charge in [-0.25, -0.2) is 0 Å². The van der Waals surface area contributed by atoms with Crippen molar-refractivity contribution in [1.82, 2.24) is 5.32 Å². The van der Waals surface area contributed by atoms with E-state index in [2.05, 4.69) is 52.2 Å². The SMILES string of the molecule is Ic1ccc(CNCCC2CCOC2)cc1. The highest BCUT2D eigenvalue weighted by Crippen LogP contribution is 2.15. The number of benzene rings is 1. The van der Waals surface area contributed by atoms with Crippen LogP contribution < -0.4 is 5.32 Å². The number of hydrogen-bond donors (Lipinski definition) is 1. The molecule has 1 fully saturated rings. The van der Waals surface area contributed by atoms with Gasteiger partial charge >= 0.3 is 0 Å². The van der Waals surface area contributed by atoms with Crippen LogP contribution in [0.3, 0.4) is 0 Å². The minimum Gasteiger partial charge on any atom is -0.381 e. The zero-order chi connectivity index (χ0) is 11.2. The van der Waals surface area contributed by atoms with Crippen LogP contribution in [0.25, 0.3) is 0 Å². The number of hydrogen-bond acceptors (Lipinski definition) is 2. The number of nitrogens with one attached hydrogen (secondary N) is 1. The first-order valence-corrected chi connectivity index (χ1v) is 6.95. The Labute approximate surface area is 111 Å². The Morgan fingerprint density at radius 1 is 1.31 bits per heavy atom. The number of halogens is 1. The highest BCUT2D eigenvalue weighted by atomic mass is 127. The second-order valence-electron chi connectivity index (χ2n) is 4.32. The van der Waals surface area contributed by atoms with Crippen LogP contribution in [0.2, 0.25) is 0 Å². The van der Waals surface area contributed by atoms with E-state index in [1.807, 2.05) is 0 Å². The molecular weight excluding hydrogens is 313 g/mol. The molecule has 0 aromatic heterocycles. The van der Waals surface area contributed by atoms with Gasteiger partial charge in [0.2, 0.25) is 0 Å². The Morgan fingerprint density at radius 3 is 2.81 bits per heavy atom. The molecule has 1 heterocycles. The van der Waals surface area contributed by atoms with Crippen molar-refractivity contribution in [1.29, 1.82) is 0 Å². The molecule has 0 bridgehead atoms. The molecule has 1 aliphatic rings. The molecule has 1 unspecified atom stereocenters. The average Bonchev–Trinajstić information content (AvgIpc) is 2.80. The molecule has 2 nitrogen and oxygen atoms in total. The van der Waals surface area contributed by atoms with Gasteiger partial charge in [-0.1, -0.05) is 12.1 Å². The van der Waals surface area contributed by atoms with E-state index in [-0.39, 0.29) is 0 Å². The van der Waals surface area contributed by atoms with Gasteiger partial charge in [-0.2, -0.15) is 0 Å². The van der Waals surface area contributed by atoms with Gasteiger partial charge in [0.25, 0.3) is 0 Å². The molecule has 0 spiro atoms. The Hall–Kier alpha value is -0.130. The Kier molecular flexibility index (Phi) is 5.06. The molecule has 1 atom stereocenters. The standard InChI is InChI=1S/C13H18INO/c14-13-3-1-11(2-4-13)9-15-7-5-12-6-8-16-10-12/h1-4,12,15H,5-10H2. The molecule has 1 aliphatic heterocycles. The molecule has 0 saturated carbocycles. The van der Waals surface area contributed by atoms with Gasteiger partial charge < -0.3 is 10.1 Å². The molecule has 1 N–H and O–H groups in total. The van der Waals surface area contributed by atoms with Crippen molar-refractivity contribution in [2.24, 2.45) is 5.92 Å². The smallest absolute Gasteiger partial charge is 0.0495 e. The predicted octanol–water partition coefficient (Wildman–Crippen LogP) is 2.81. The number of rotatable bonds is 5. The Morgan fingerprint density at radius 2 is 2.12 bits per heavy atom. The summed E-state index contributed by atoms with van der Waals surface area (Å²) in [6.45, 7) is 4.00. The lowest BCUT2D eigenvalue weighted by molar-refractivity contribution is 0.184. The summed E-state index contributed by atoms with van der Waals surface area (Å²) in [5, 5.41) is 3.49. The molecule has 0 radical (unpaired) electrons. The van der Waals surface area contributed by atoms with Crippen molar-refractivity contribution in [3.63, 3.8) is 0 Å². The van der Waals surface area contributed by atoms with E-state index in [1.165, 1.54) is 22.0 Å². The maximum absolute atomic E-state index is 5.36. The minimum atomic E-state index is 0.782. The van der Waals surface area contributed by atoms with Crippen molar-refractivity contribution >= 4 is 22.6 Å². The summed E-state index contributed by atoms with van der Waals surface area (Å²) in [5.74, 6) is 0.782. The zero-order valence-electron chi connectivity index (χ0n) is 9.42. The van der Waals surface area contributed by atoms with E-state index in [4.69, 9.17) is 4.74 Å². The average molecular weight is 331 g/mol. The highest BCUT2D eigenvalue weighted by Gasteiger charge is 2.14. The lowest BCUT2D eigenvalue weighted by atomic mass is 10.1. The van der Waals surface area contributed by atoms with Crippen LogP contribution in [0.15, 0.2) is 24.3 Å². The Balaban J connectivity index is 1.62. The van der Waals surface area contributed by atoms with Gasteiger partial charge in [-0.15, -0.1) is 0 Å². The van der Waals surface area contributed by atoms with E-state index in [1.54, 1.807) is 0 Å². The summed E-state index contributed by atoms with van der Waals surface area (Å²) >= 11 is 2.33. The molecule has 1 saturated heterocycles. The first kappa shape index (κ1) is 12.3. The van der Waals surface area contributed by atoms with Crippen molar-refractivity contribution in [2.75, 3.05) is 19.8 Å². The van der Waals surface area contributed by atoms with Gasteiger partial charge in [0.15, 0.2) is 0 Å². The molecule has 1 aromatic carbocycles. The first-order chi connectivity index (χ1) is 7.84. The van der Waals surface area contributed by atoms with Crippen molar-refractivity contribution < 1.29 is 4.74 Å². The van der Waals surface area contributed by atoms with Crippen LogP contribution in [0.4, 0.5) is 0 Å². The van der Waals surface area contributed by atoms with E-state index in [0.717, 1.165) is 32.2 Å². The lowest BCUT2D eigenvalue weighted by Crippen LogP contribution is -2.17. The fraction of sp³-hybridized carbons (Fsp3) is 0.538. The molecule has 3 heteroatoms. The zero-order valence-corrected chi connectivity index (χ0v) is 11.6. The van der Waals surface area contributed by atoms with Gasteiger partial charge in [0.05, 0.1) is 0 Å². The molecule has 0 amide bonds.